The summed E-state index contributed by atoms with van der Waals surface area (Å²) < 4.78 is 58.1. The Bertz CT molecular complexity index is 719. The van der Waals surface area contributed by atoms with Gasteiger partial charge in [-0.2, -0.15) is 0 Å². The smallest absolute Gasteiger partial charge is 0.280 e. The number of pyridine rings is 1. The minimum Gasteiger partial charge on any atom is -0.493 e. The predicted molar refractivity (Wildman–Crippen MR) is 93.7 cm³/mol. The first-order valence-corrected chi connectivity index (χ1v) is 8.57. The summed E-state index contributed by atoms with van der Waals surface area (Å²) in [6.07, 6.45) is -3.25. The molecule has 0 saturated heterocycles. The van der Waals surface area contributed by atoms with E-state index < -0.39 is 12.9 Å². The molecule has 1 atom stereocenters. The van der Waals surface area contributed by atoms with Gasteiger partial charge in [0.2, 0.25) is 0 Å². The van der Waals surface area contributed by atoms with Gasteiger partial charge < -0.3 is 4.74 Å². The van der Waals surface area contributed by atoms with E-state index in [0.717, 1.165) is 6.42 Å². The van der Waals surface area contributed by atoms with Crippen LogP contribution in [0.15, 0.2) is 36.5 Å². The van der Waals surface area contributed by atoms with Crippen molar-refractivity contribution >= 4 is 0 Å². The van der Waals surface area contributed by atoms with Gasteiger partial charge in [-0.1, -0.05) is 26.8 Å². The van der Waals surface area contributed by atoms with Crippen LogP contribution in [0, 0.1) is 11.8 Å². The monoisotopic (exact) mass is 369 g/mol. The lowest BCUT2D eigenvalue weighted by molar-refractivity contribution is 0.142. The van der Waals surface area contributed by atoms with Crippen LogP contribution in [0.2, 0.25) is 0 Å². The molecular formula is C20H23F4NO. The van der Waals surface area contributed by atoms with Crippen LogP contribution in [0.5, 0.6) is 5.75 Å². The molecule has 1 unspecified atom stereocenters. The molecule has 1 heterocycles. The molecular weight excluding hydrogens is 346 g/mol. The van der Waals surface area contributed by atoms with Crippen molar-refractivity contribution in [3.63, 3.8) is 0 Å². The van der Waals surface area contributed by atoms with Crippen molar-refractivity contribution in [3.8, 4) is 16.9 Å². The maximum absolute atomic E-state index is 13.5. The summed E-state index contributed by atoms with van der Waals surface area (Å²) in [7, 11) is 0. The largest absolute Gasteiger partial charge is 0.493 e. The molecule has 0 amide bonds. The van der Waals surface area contributed by atoms with Gasteiger partial charge in [0, 0.05) is 6.20 Å². The fourth-order valence-electron chi connectivity index (χ4n) is 2.88. The van der Waals surface area contributed by atoms with Crippen molar-refractivity contribution in [1.29, 1.82) is 0 Å². The third-order valence-corrected chi connectivity index (χ3v) is 3.98. The van der Waals surface area contributed by atoms with E-state index in [4.69, 9.17) is 4.74 Å². The predicted octanol–water partition coefficient (Wildman–Crippen LogP) is 6.68. The minimum absolute atomic E-state index is 0.127. The molecule has 0 saturated carbocycles. The van der Waals surface area contributed by atoms with E-state index in [2.05, 4.69) is 18.8 Å². The summed E-state index contributed by atoms with van der Waals surface area (Å²) in [6.45, 7) is 6.55. The van der Waals surface area contributed by atoms with E-state index in [0.29, 0.717) is 23.7 Å². The molecule has 0 bridgehead atoms. The highest BCUT2D eigenvalue weighted by molar-refractivity contribution is 5.66. The van der Waals surface area contributed by atoms with Crippen molar-refractivity contribution in [2.75, 3.05) is 6.61 Å². The molecule has 0 fully saturated rings. The number of aromatic nitrogens is 1. The molecule has 142 valence electrons. The summed E-state index contributed by atoms with van der Waals surface area (Å²) >= 11 is 0. The first kappa shape index (κ1) is 20.2. The quantitative estimate of drug-likeness (QED) is 0.484. The first-order valence-electron chi connectivity index (χ1n) is 8.57. The molecule has 1 aromatic carbocycles. The zero-order valence-electron chi connectivity index (χ0n) is 15.1. The van der Waals surface area contributed by atoms with Crippen LogP contribution in [0.1, 0.15) is 51.3 Å². The van der Waals surface area contributed by atoms with Gasteiger partial charge in [0.25, 0.3) is 12.9 Å². The van der Waals surface area contributed by atoms with Crippen LogP contribution in [-0.2, 0) is 0 Å². The van der Waals surface area contributed by atoms with Gasteiger partial charge in [0.1, 0.15) is 11.4 Å². The summed E-state index contributed by atoms with van der Waals surface area (Å²) in [6, 6.07) is 7.08. The molecule has 0 aliphatic carbocycles. The second-order valence-corrected chi connectivity index (χ2v) is 6.87. The molecule has 1 aromatic heterocycles. The third kappa shape index (κ3) is 5.44. The highest BCUT2D eigenvalue weighted by Crippen LogP contribution is 2.34. The third-order valence-electron chi connectivity index (χ3n) is 3.98. The first-order chi connectivity index (χ1) is 12.3. The van der Waals surface area contributed by atoms with Crippen LogP contribution in [-0.4, -0.2) is 11.6 Å². The van der Waals surface area contributed by atoms with Crippen molar-refractivity contribution in [3.05, 3.63) is 47.8 Å². The second-order valence-electron chi connectivity index (χ2n) is 6.87. The lowest BCUT2D eigenvalue weighted by atomic mass is 9.99. The van der Waals surface area contributed by atoms with E-state index >= 15 is 0 Å². The Balaban J connectivity index is 2.24. The zero-order chi connectivity index (χ0) is 19.3. The van der Waals surface area contributed by atoms with Crippen LogP contribution >= 0.6 is 0 Å². The fourth-order valence-corrected chi connectivity index (χ4v) is 2.88. The molecule has 26 heavy (non-hydrogen) atoms. The normalized spacial score (nSPS) is 12.8. The van der Waals surface area contributed by atoms with Gasteiger partial charge >= 0.3 is 0 Å². The molecule has 2 aromatic rings. The van der Waals surface area contributed by atoms with Crippen molar-refractivity contribution in [1.82, 2.24) is 4.98 Å². The lowest BCUT2D eigenvalue weighted by Crippen LogP contribution is -2.12. The van der Waals surface area contributed by atoms with Gasteiger partial charge in [-0.15, -0.1) is 0 Å². The Morgan fingerprint density at radius 3 is 2.23 bits per heavy atom. The van der Waals surface area contributed by atoms with Gasteiger partial charge in [-0.25, -0.2) is 17.6 Å². The average molecular weight is 369 g/mol. The highest BCUT2D eigenvalue weighted by Gasteiger charge is 2.18. The standard InChI is InChI=1S/C20H23F4NO/c1-12(2)8-13(3)11-26-18-5-4-14(9-16(18)19(21)22)15-6-7-25-17(10-15)20(23)24/h4-7,9-10,12-13,19-20H,8,11H2,1-3H3. The summed E-state index contributed by atoms with van der Waals surface area (Å²) in [5.41, 5.74) is 0.211. The molecule has 2 rings (SSSR count). The van der Waals surface area contributed by atoms with Gasteiger partial charge in [-0.05, 0) is 53.6 Å². The Hall–Kier alpha value is -2.11. The molecule has 0 aliphatic heterocycles. The maximum atomic E-state index is 13.5. The number of rotatable bonds is 8. The summed E-state index contributed by atoms with van der Waals surface area (Å²) in [5.74, 6) is 0.873. The zero-order valence-corrected chi connectivity index (χ0v) is 15.1. The van der Waals surface area contributed by atoms with Crippen molar-refractivity contribution < 1.29 is 22.3 Å². The van der Waals surface area contributed by atoms with Crippen LogP contribution in [0.3, 0.4) is 0 Å². The molecule has 6 heteroatoms. The number of ether oxygens (including phenoxy) is 1. The Morgan fingerprint density at radius 2 is 1.62 bits per heavy atom. The van der Waals surface area contributed by atoms with Crippen LogP contribution in [0.4, 0.5) is 17.6 Å². The van der Waals surface area contributed by atoms with E-state index in [1.165, 1.54) is 30.5 Å². The number of alkyl halides is 4. The van der Waals surface area contributed by atoms with Crippen molar-refractivity contribution in [2.45, 2.75) is 40.0 Å². The number of halogens is 4. The van der Waals surface area contributed by atoms with Gasteiger partial charge in [0.05, 0.1) is 12.2 Å². The lowest BCUT2D eigenvalue weighted by Gasteiger charge is -2.17. The topological polar surface area (TPSA) is 22.1 Å². The average Bonchev–Trinajstić information content (AvgIpc) is 2.59. The molecule has 0 N–H and O–H groups in total. The van der Waals surface area contributed by atoms with E-state index in [9.17, 15) is 17.6 Å². The number of benzene rings is 1. The Kier molecular flexibility index (Phi) is 7.00. The van der Waals surface area contributed by atoms with Crippen LogP contribution in [0.25, 0.3) is 11.1 Å². The van der Waals surface area contributed by atoms with E-state index in [-0.39, 0.29) is 22.9 Å². The molecule has 0 aliphatic rings. The Morgan fingerprint density at radius 1 is 0.923 bits per heavy atom. The van der Waals surface area contributed by atoms with Gasteiger partial charge in [-0.3, -0.25) is 4.98 Å². The van der Waals surface area contributed by atoms with E-state index in [1.54, 1.807) is 6.07 Å². The fraction of sp³-hybridized carbons (Fsp3) is 0.450. The number of hydrogen-bond acceptors (Lipinski definition) is 2. The van der Waals surface area contributed by atoms with Crippen LogP contribution < -0.4 is 4.74 Å². The molecule has 0 spiro atoms. The highest BCUT2D eigenvalue weighted by atomic mass is 19.3. The molecule has 0 radical (unpaired) electrons. The van der Waals surface area contributed by atoms with E-state index in [1.807, 2.05) is 6.92 Å². The SMILES string of the molecule is CC(C)CC(C)COc1ccc(-c2ccnc(C(F)F)c2)cc1C(F)F. The maximum Gasteiger partial charge on any atom is 0.280 e. The van der Waals surface area contributed by atoms with Crippen molar-refractivity contribution in [2.24, 2.45) is 11.8 Å². The minimum atomic E-state index is -2.72. The second kappa shape index (κ2) is 9.01. The number of nitrogens with zero attached hydrogens (tertiary/aromatic N) is 1. The molecule has 2 nitrogen and oxygen atoms in total. The summed E-state index contributed by atoms with van der Waals surface area (Å²) in [5, 5.41) is 0. The summed E-state index contributed by atoms with van der Waals surface area (Å²) in [4.78, 5) is 3.59. The number of hydrogen-bond donors (Lipinski definition) is 0. The Labute approximate surface area is 151 Å². The van der Waals surface area contributed by atoms with Gasteiger partial charge in [0.15, 0.2) is 0 Å².